The Morgan fingerprint density at radius 2 is 1.87 bits per heavy atom. The highest BCUT2D eigenvalue weighted by molar-refractivity contribution is 5.85. The molecule has 154 valence electrons. The number of aromatic nitrogens is 6. The molecule has 0 spiro atoms. The Hall–Kier alpha value is -3.13. The predicted molar refractivity (Wildman–Crippen MR) is 111 cm³/mol. The van der Waals surface area contributed by atoms with Crippen molar-refractivity contribution < 1.29 is 9.15 Å². The SMILES string of the molecule is Cc1nc(-c2ccc(C)o2)c2nnn(Cc3cccc(COC4CCCC4)n3)c2n1. The molecule has 1 fully saturated rings. The molecular formula is C22H24N6O2. The van der Waals surface area contributed by atoms with Gasteiger partial charge in [-0.2, -0.15) is 0 Å². The van der Waals surface area contributed by atoms with Crippen LogP contribution in [0.1, 0.15) is 48.7 Å². The molecule has 5 rings (SSSR count). The highest BCUT2D eigenvalue weighted by Gasteiger charge is 2.18. The average molecular weight is 404 g/mol. The zero-order chi connectivity index (χ0) is 20.5. The van der Waals surface area contributed by atoms with Crippen LogP contribution >= 0.6 is 0 Å². The van der Waals surface area contributed by atoms with Crippen LogP contribution in [0.2, 0.25) is 0 Å². The maximum Gasteiger partial charge on any atom is 0.183 e. The molecule has 0 saturated heterocycles. The smallest absolute Gasteiger partial charge is 0.183 e. The topological polar surface area (TPSA) is 91.8 Å². The summed E-state index contributed by atoms with van der Waals surface area (Å²) in [6.45, 7) is 4.77. The molecule has 1 aliphatic carbocycles. The monoisotopic (exact) mass is 404 g/mol. The maximum absolute atomic E-state index is 6.00. The zero-order valence-corrected chi connectivity index (χ0v) is 17.2. The third kappa shape index (κ3) is 3.82. The molecule has 0 amide bonds. The van der Waals surface area contributed by atoms with Gasteiger partial charge in [-0.05, 0) is 51.0 Å². The number of ether oxygens (including phenoxy) is 1. The Morgan fingerprint density at radius 3 is 2.67 bits per heavy atom. The zero-order valence-electron chi connectivity index (χ0n) is 17.2. The van der Waals surface area contributed by atoms with Crippen LogP contribution < -0.4 is 0 Å². The largest absolute Gasteiger partial charge is 0.460 e. The molecule has 4 aromatic rings. The second kappa shape index (κ2) is 7.95. The summed E-state index contributed by atoms with van der Waals surface area (Å²) in [5.74, 6) is 2.13. The van der Waals surface area contributed by atoms with Crippen molar-refractivity contribution in [3.05, 3.63) is 53.3 Å². The fourth-order valence-electron chi connectivity index (χ4n) is 3.91. The molecule has 1 aliphatic rings. The van der Waals surface area contributed by atoms with Crippen LogP contribution in [-0.2, 0) is 17.9 Å². The number of fused-ring (bicyclic) bond motifs is 1. The molecule has 30 heavy (non-hydrogen) atoms. The summed E-state index contributed by atoms with van der Waals surface area (Å²) in [6, 6.07) is 9.79. The van der Waals surface area contributed by atoms with Crippen molar-refractivity contribution in [2.75, 3.05) is 0 Å². The van der Waals surface area contributed by atoms with Gasteiger partial charge in [0.1, 0.15) is 17.3 Å². The van der Waals surface area contributed by atoms with Gasteiger partial charge < -0.3 is 9.15 Å². The summed E-state index contributed by atoms with van der Waals surface area (Å²) in [4.78, 5) is 13.8. The first-order valence-electron chi connectivity index (χ1n) is 10.4. The van der Waals surface area contributed by atoms with Gasteiger partial charge in [0.15, 0.2) is 16.9 Å². The van der Waals surface area contributed by atoms with Gasteiger partial charge in [0.2, 0.25) is 0 Å². The fraction of sp³-hybridized carbons (Fsp3) is 0.409. The van der Waals surface area contributed by atoms with Crippen LogP contribution in [0.15, 0.2) is 34.7 Å². The van der Waals surface area contributed by atoms with E-state index in [2.05, 4.69) is 20.3 Å². The van der Waals surface area contributed by atoms with Crippen LogP contribution in [0.5, 0.6) is 0 Å². The van der Waals surface area contributed by atoms with Gasteiger partial charge in [0, 0.05) is 0 Å². The van der Waals surface area contributed by atoms with Crippen molar-refractivity contribution >= 4 is 11.2 Å². The molecular weight excluding hydrogens is 380 g/mol. The van der Waals surface area contributed by atoms with Crippen LogP contribution in [0.4, 0.5) is 0 Å². The van der Waals surface area contributed by atoms with Gasteiger partial charge in [0.05, 0.1) is 30.6 Å². The van der Waals surface area contributed by atoms with E-state index in [-0.39, 0.29) is 0 Å². The van der Waals surface area contributed by atoms with Gasteiger partial charge in [0.25, 0.3) is 0 Å². The lowest BCUT2D eigenvalue weighted by Gasteiger charge is -2.11. The normalized spacial score (nSPS) is 14.7. The predicted octanol–water partition coefficient (Wildman–Crippen LogP) is 4.00. The second-order valence-corrected chi connectivity index (χ2v) is 7.79. The molecule has 0 unspecified atom stereocenters. The number of nitrogens with zero attached hydrogens (tertiary/aromatic N) is 6. The Balaban J connectivity index is 1.40. The van der Waals surface area contributed by atoms with E-state index in [4.69, 9.17) is 14.1 Å². The van der Waals surface area contributed by atoms with Crippen molar-refractivity contribution in [1.82, 2.24) is 29.9 Å². The molecule has 0 aromatic carbocycles. The first-order valence-corrected chi connectivity index (χ1v) is 10.4. The van der Waals surface area contributed by atoms with Gasteiger partial charge in [-0.25, -0.2) is 14.6 Å². The quantitative estimate of drug-likeness (QED) is 0.479. The minimum atomic E-state index is 0.373. The Kier molecular flexibility index (Phi) is 5.00. The Labute approximate surface area is 174 Å². The first kappa shape index (κ1) is 18.9. The Bertz CT molecular complexity index is 1180. The van der Waals surface area contributed by atoms with Gasteiger partial charge in [-0.1, -0.05) is 24.1 Å². The lowest BCUT2D eigenvalue weighted by molar-refractivity contribution is 0.0437. The molecule has 0 radical (unpaired) electrons. The van der Waals surface area contributed by atoms with Gasteiger partial charge in [-0.3, -0.25) is 4.98 Å². The first-order chi connectivity index (χ1) is 14.7. The molecule has 0 aliphatic heterocycles. The lowest BCUT2D eigenvalue weighted by Crippen LogP contribution is -2.10. The van der Waals surface area contributed by atoms with Crippen molar-refractivity contribution in [3.63, 3.8) is 0 Å². The summed E-state index contributed by atoms with van der Waals surface area (Å²) in [6.07, 6.45) is 5.21. The number of furan rings is 1. The third-order valence-corrected chi connectivity index (χ3v) is 5.39. The lowest BCUT2D eigenvalue weighted by atomic mass is 10.2. The van der Waals surface area contributed by atoms with Crippen LogP contribution in [-0.4, -0.2) is 36.0 Å². The summed E-state index contributed by atoms with van der Waals surface area (Å²) < 4.78 is 13.5. The van der Waals surface area contributed by atoms with E-state index in [1.807, 2.05) is 44.2 Å². The van der Waals surface area contributed by atoms with E-state index in [9.17, 15) is 0 Å². The third-order valence-electron chi connectivity index (χ3n) is 5.39. The molecule has 1 saturated carbocycles. The van der Waals surface area contributed by atoms with Crippen LogP contribution in [0.3, 0.4) is 0 Å². The Morgan fingerprint density at radius 1 is 1.03 bits per heavy atom. The number of hydrogen-bond acceptors (Lipinski definition) is 7. The van der Waals surface area contributed by atoms with Crippen molar-refractivity contribution in [2.24, 2.45) is 0 Å². The van der Waals surface area contributed by atoms with Crippen LogP contribution in [0, 0.1) is 13.8 Å². The van der Waals surface area contributed by atoms with Gasteiger partial charge >= 0.3 is 0 Å². The molecule has 0 atom stereocenters. The molecule has 0 N–H and O–H groups in total. The fourth-order valence-corrected chi connectivity index (χ4v) is 3.91. The number of pyridine rings is 1. The van der Waals surface area contributed by atoms with E-state index in [0.29, 0.717) is 47.7 Å². The van der Waals surface area contributed by atoms with E-state index >= 15 is 0 Å². The number of rotatable bonds is 6. The average Bonchev–Trinajstić information content (AvgIpc) is 3.48. The molecule has 4 aromatic heterocycles. The standard InChI is InChI=1S/C22H24N6O2/c1-14-10-11-19(30-14)20-21-22(24-15(2)23-20)28(27-26-21)12-16-6-5-7-17(25-16)13-29-18-8-3-4-9-18/h5-7,10-11,18H,3-4,8-9,12-13H2,1-2H3. The van der Waals surface area contributed by atoms with E-state index in [0.717, 1.165) is 30.0 Å². The maximum atomic E-state index is 6.00. The number of aryl methyl sites for hydroxylation is 2. The molecule has 8 nitrogen and oxygen atoms in total. The van der Waals surface area contributed by atoms with Crippen molar-refractivity contribution in [2.45, 2.75) is 58.8 Å². The summed E-state index contributed by atoms with van der Waals surface area (Å²) in [5, 5.41) is 8.64. The highest BCUT2D eigenvalue weighted by Crippen LogP contribution is 2.26. The molecule has 0 bridgehead atoms. The minimum Gasteiger partial charge on any atom is -0.460 e. The van der Waals surface area contributed by atoms with Crippen molar-refractivity contribution in [3.8, 4) is 11.5 Å². The van der Waals surface area contributed by atoms with Crippen molar-refractivity contribution in [1.29, 1.82) is 0 Å². The number of hydrogen-bond donors (Lipinski definition) is 0. The highest BCUT2D eigenvalue weighted by atomic mass is 16.5. The molecule has 4 heterocycles. The minimum absolute atomic E-state index is 0.373. The second-order valence-electron chi connectivity index (χ2n) is 7.79. The molecule has 8 heteroatoms. The summed E-state index contributed by atoms with van der Waals surface area (Å²) >= 11 is 0. The van der Waals surface area contributed by atoms with E-state index < -0.39 is 0 Å². The van der Waals surface area contributed by atoms with E-state index in [1.54, 1.807) is 4.68 Å². The summed E-state index contributed by atoms with van der Waals surface area (Å²) in [5.41, 5.74) is 3.77. The van der Waals surface area contributed by atoms with E-state index in [1.165, 1.54) is 12.8 Å². The van der Waals surface area contributed by atoms with Gasteiger partial charge in [-0.15, -0.1) is 5.10 Å². The summed E-state index contributed by atoms with van der Waals surface area (Å²) in [7, 11) is 0. The van der Waals surface area contributed by atoms with Crippen LogP contribution in [0.25, 0.3) is 22.6 Å².